The molecule has 6 nitrogen and oxygen atoms in total. The Labute approximate surface area is 165 Å². The largest absolute Gasteiger partial charge is 0.397 e. The van der Waals surface area contributed by atoms with Gasteiger partial charge < -0.3 is 16.8 Å². The van der Waals surface area contributed by atoms with Crippen LogP contribution in [0.4, 0.5) is 10.1 Å². The first kappa shape index (κ1) is 20.8. The van der Waals surface area contributed by atoms with Crippen molar-refractivity contribution in [2.75, 3.05) is 5.73 Å². The molecule has 0 saturated heterocycles. The Kier molecular flexibility index (Phi) is 6.87. The molecule has 0 aliphatic heterocycles. The summed E-state index contributed by atoms with van der Waals surface area (Å²) in [6, 6.07) is 3.77. The molecule has 2 aromatic rings. The van der Waals surface area contributed by atoms with E-state index in [9.17, 15) is 9.59 Å². The van der Waals surface area contributed by atoms with Crippen LogP contribution in [0.2, 0.25) is 5.02 Å². The summed E-state index contributed by atoms with van der Waals surface area (Å²) < 4.78 is 15.2. The Morgan fingerprint density at radius 2 is 2.07 bits per heavy atom. The molecule has 0 saturated carbocycles. The van der Waals surface area contributed by atoms with Crippen molar-refractivity contribution in [2.45, 2.75) is 38.8 Å². The first-order chi connectivity index (χ1) is 12.7. The molecular formula is C19H26ClFN4O2. The molecule has 0 aliphatic carbocycles. The molecule has 0 fully saturated rings. The molecule has 0 unspecified atom stereocenters. The summed E-state index contributed by atoms with van der Waals surface area (Å²) in [5.74, 6) is -1.76. The third-order valence-corrected chi connectivity index (χ3v) is 4.46. The van der Waals surface area contributed by atoms with Gasteiger partial charge in [-0.15, -0.1) is 0 Å². The molecule has 1 aromatic heterocycles. The number of hydrogen-bond donors (Lipinski definition) is 3. The van der Waals surface area contributed by atoms with Crippen molar-refractivity contribution in [1.29, 1.82) is 0 Å². The average Bonchev–Trinajstić information content (AvgIpc) is 2.59. The summed E-state index contributed by atoms with van der Waals surface area (Å²) in [5, 5.41) is 3.17. The Morgan fingerprint density at radius 3 is 2.67 bits per heavy atom. The lowest BCUT2D eigenvalue weighted by Gasteiger charge is -2.23. The minimum Gasteiger partial charge on any atom is -0.397 e. The van der Waals surface area contributed by atoms with Crippen LogP contribution < -0.4 is 16.8 Å². The summed E-state index contributed by atoms with van der Waals surface area (Å²) in [4.78, 5) is 27.7. The van der Waals surface area contributed by atoms with E-state index < -0.39 is 23.5 Å². The number of nitrogens with zero attached hydrogens (tertiary/aromatic N) is 1. The number of rotatable bonds is 8. The number of halogens is 2. The predicted octanol–water partition coefficient (Wildman–Crippen LogP) is 3.48. The molecule has 2 atom stereocenters. The number of nitrogens with two attached hydrogens (primary N) is 2. The third kappa shape index (κ3) is 5.02. The van der Waals surface area contributed by atoms with Gasteiger partial charge in [0.1, 0.15) is 5.82 Å². The molecule has 1 heterocycles. The fourth-order valence-corrected chi connectivity index (χ4v) is 3.14. The highest BCUT2D eigenvalue weighted by atomic mass is 35.5. The number of anilines is 1. The van der Waals surface area contributed by atoms with Gasteiger partial charge >= 0.3 is 0 Å². The molecule has 0 aliphatic rings. The maximum Gasteiger partial charge on any atom is 0.218 e. The van der Waals surface area contributed by atoms with Gasteiger partial charge in [-0.1, -0.05) is 24.6 Å². The van der Waals surface area contributed by atoms with Crippen LogP contribution in [0.15, 0.2) is 30.6 Å². The Bertz CT molecular complexity index is 870. The molecule has 0 spiro atoms. The van der Waals surface area contributed by atoms with E-state index >= 15 is 4.39 Å². The second-order valence-corrected chi connectivity index (χ2v) is 6.77. The zero-order chi connectivity index (χ0) is 20.1. The molecule has 0 radical (unpaired) electrons. The van der Waals surface area contributed by atoms with Crippen LogP contribution in [0, 0.1) is 5.82 Å². The topological polar surface area (TPSA) is 111 Å². The van der Waals surface area contributed by atoms with Gasteiger partial charge in [0.25, 0.3) is 0 Å². The summed E-state index contributed by atoms with van der Waals surface area (Å²) in [6.07, 6.45) is 3.36. The van der Waals surface area contributed by atoms with Gasteiger partial charge in [-0.05, 0) is 25.5 Å². The number of nitrogen functional groups attached to an aromatic ring is 1. The van der Waals surface area contributed by atoms with Crippen LogP contribution in [-0.2, 0) is 4.79 Å². The van der Waals surface area contributed by atoms with E-state index in [4.69, 9.17) is 23.1 Å². The van der Waals surface area contributed by atoms with Crippen LogP contribution in [0.1, 0.15) is 57.1 Å². The number of pyridine rings is 1. The van der Waals surface area contributed by atoms with Crippen molar-refractivity contribution >= 4 is 29.0 Å². The molecule has 0 bridgehead atoms. The number of ketones is 1. The maximum absolute atomic E-state index is 15.2. The monoisotopic (exact) mass is 396 g/mol. The van der Waals surface area contributed by atoms with Gasteiger partial charge in [-0.3, -0.25) is 14.6 Å². The maximum atomic E-state index is 15.2. The lowest BCUT2D eigenvalue weighted by atomic mass is 9.96. The van der Waals surface area contributed by atoms with Gasteiger partial charge in [0, 0.05) is 44.9 Å². The lowest BCUT2D eigenvalue weighted by Crippen LogP contribution is -2.34. The molecule has 148 valence electrons. The van der Waals surface area contributed by atoms with Gasteiger partial charge in [-0.25, -0.2) is 4.39 Å². The van der Waals surface area contributed by atoms with E-state index in [1.807, 2.05) is 6.92 Å². The van der Waals surface area contributed by atoms with E-state index in [0.29, 0.717) is 17.7 Å². The van der Waals surface area contributed by atoms with E-state index in [-0.39, 0.29) is 31.5 Å². The number of primary amides is 1. The van der Waals surface area contributed by atoms with Gasteiger partial charge in [0.05, 0.1) is 16.3 Å². The highest BCUT2D eigenvalue weighted by Gasteiger charge is 2.25. The molecule has 1 aromatic carbocycles. The van der Waals surface area contributed by atoms with Crippen molar-refractivity contribution in [2.24, 2.45) is 5.73 Å². The smallest absolute Gasteiger partial charge is 0.218 e. The predicted molar refractivity (Wildman–Crippen MR) is 107 cm³/mol. The third-order valence-electron chi connectivity index (χ3n) is 4.15. The normalized spacial score (nSPS) is 13.2. The van der Waals surface area contributed by atoms with Crippen LogP contribution in [0.25, 0.3) is 0 Å². The Hall–Kier alpha value is -2.51. The number of hydrogen-bond acceptors (Lipinski definition) is 5. The molecular weight excluding hydrogens is 371 g/mol. The molecule has 27 heavy (non-hydrogen) atoms. The SMILES string of the molecule is CC[C@@H](N[C@@H](C)CC(N)=O)c1ccc(Cl)c(C(=O)c2cncc(N)c2)c1F.[HH].[HH]. The molecule has 1 amide bonds. The highest BCUT2D eigenvalue weighted by molar-refractivity contribution is 6.35. The average molecular weight is 397 g/mol. The van der Waals surface area contributed by atoms with Crippen molar-refractivity contribution < 1.29 is 16.8 Å². The second kappa shape index (κ2) is 8.92. The minimum absolute atomic E-state index is 0. The van der Waals surface area contributed by atoms with Crippen molar-refractivity contribution in [3.8, 4) is 0 Å². The highest BCUT2D eigenvalue weighted by Crippen LogP contribution is 2.30. The Balaban J connectivity index is 0.00000392. The van der Waals surface area contributed by atoms with Crippen LogP contribution in [0.5, 0.6) is 0 Å². The number of carbonyl (C=O) groups is 2. The Morgan fingerprint density at radius 1 is 1.37 bits per heavy atom. The summed E-state index contributed by atoms with van der Waals surface area (Å²) in [5.41, 5.74) is 11.4. The summed E-state index contributed by atoms with van der Waals surface area (Å²) >= 11 is 6.11. The van der Waals surface area contributed by atoms with E-state index in [0.717, 1.165) is 0 Å². The fourth-order valence-electron chi connectivity index (χ4n) is 2.90. The van der Waals surface area contributed by atoms with Crippen molar-refractivity contribution in [3.63, 3.8) is 0 Å². The zero-order valence-corrected chi connectivity index (χ0v) is 15.9. The standard InChI is InChI=1S/C19H22ClFN4O2.2H2/c1-3-15(25-10(2)6-16(23)26)13-4-5-14(20)17(18(13)21)19(27)11-7-12(22)9-24-8-11;;/h4-5,7-10,15,25H,3,6,22H2,1-2H3,(H2,23,26);2*1H/t10-,15+;;/m0../s1. The first-order valence-electron chi connectivity index (χ1n) is 8.52. The van der Waals surface area contributed by atoms with E-state index in [1.54, 1.807) is 6.92 Å². The molecule has 5 N–H and O–H groups in total. The molecule has 8 heteroatoms. The van der Waals surface area contributed by atoms with Gasteiger partial charge in [0.15, 0.2) is 5.78 Å². The minimum atomic E-state index is -0.708. The first-order valence-corrected chi connectivity index (χ1v) is 8.89. The van der Waals surface area contributed by atoms with E-state index in [1.165, 1.54) is 30.6 Å². The quantitative estimate of drug-likeness (QED) is 0.591. The van der Waals surface area contributed by atoms with Gasteiger partial charge in [0.2, 0.25) is 5.91 Å². The fraction of sp³-hybridized carbons (Fsp3) is 0.316. The zero-order valence-electron chi connectivity index (χ0n) is 15.1. The number of benzene rings is 1. The number of aromatic nitrogens is 1. The second-order valence-electron chi connectivity index (χ2n) is 6.36. The molecule has 2 rings (SSSR count). The summed E-state index contributed by atoms with van der Waals surface area (Å²) in [7, 11) is 0. The van der Waals surface area contributed by atoms with Crippen molar-refractivity contribution in [3.05, 3.63) is 58.1 Å². The summed E-state index contributed by atoms with van der Waals surface area (Å²) in [6.45, 7) is 3.65. The van der Waals surface area contributed by atoms with Crippen LogP contribution in [0.3, 0.4) is 0 Å². The lowest BCUT2D eigenvalue weighted by molar-refractivity contribution is -0.118. The van der Waals surface area contributed by atoms with Crippen LogP contribution >= 0.6 is 11.6 Å². The van der Waals surface area contributed by atoms with Gasteiger partial charge in [-0.2, -0.15) is 0 Å². The number of carbonyl (C=O) groups excluding carboxylic acids is 2. The van der Waals surface area contributed by atoms with Crippen molar-refractivity contribution in [1.82, 2.24) is 10.3 Å². The van der Waals surface area contributed by atoms with Crippen LogP contribution in [-0.4, -0.2) is 22.7 Å². The van der Waals surface area contributed by atoms with E-state index in [2.05, 4.69) is 10.3 Å². The number of amides is 1. The number of nitrogens with one attached hydrogen (secondary N) is 1.